The van der Waals surface area contributed by atoms with Crippen LogP contribution < -0.4 is 15.0 Å². The van der Waals surface area contributed by atoms with Crippen molar-refractivity contribution in [3.05, 3.63) is 66.7 Å². The Morgan fingerprint density at radius 2 is 1.81 bits per heavy atom. The largest absolute Gasteiger partial charge is 0.484 e. The molecule has 1 fully saturated rings. The van der Waals surface area contributed by atoms with E-state index in [1.54, 1.807) is 11.3 Å². The molecule has 31 heavy (non-hydrogen) atoms. The fraction of sp³-hybridized carbons (Fsp3) is 0.280. The third-order valence-electron chi connectivity index (χ3n) is 5.85. The molecular formula is C25H25N3O2S. The van der Waals surface area contributed by atoms with Crippen LogP contribution in [0, 0.1) is 5.92 Å². The van der Waals surface area contributed by atoms with Gasteiger partial charge in [0.25, 0.3) is 5.91 Å². The molecule has 0 atom stereocenters. The average Bonchev–Trinajstić information content (AvgIpc) is 3.26. The Labute approximate surface area is 185 Å². The molecule has 1 amide bonds. The summed E-state index contributed by atoms with van der Waals surface area (Å²) in [6, 6.07) is 22.3. The number of thiazole rings is 1. The van der Waals surface area contributed by atoms with E-state index in [0.717, 1.165) is 53.1 Å². The van der Waals surface area contributed by atoms with E-state index in [-0.39, 0.29) is 12.5 Å². The third kappa shape index (κ3) is 4.64. The van der Waals surface area contributed by atoms with Crippen LogP contribution in [-0.2, 0) is 4.79 Å². The van der Waals surface area contributed by atoms with E-state index in [1.165, 1.54) is 4.70 Å². The molecule has 3 aromatic carbocycles. The number of benzene rings is 3. The number of carbonyl (C=O) groups excluding carboxylic acids is 1. The molecule has 158 valence electrons. The fourth-order valence-corrected chi connectivity index (χ4v) is 5.06. The molecule has 0 radical (unpaired) electrons. The van der Waals surface area contributed by atoms with E-state index in [4.69, 9.17) is 9.72 Å². The first kappa shape index (κ1) is 19.8. The summed E-state index contributed by atoms with van der Waals surface area (Å²) in [5.74, 6) is 1.15. The van der Waals surface area contributed by atoms with E-state index >= 15 is 0 Å². The van der Waals surface area contributed by atoms with Crippen LogP contribution in [-0.4, -0.2) is 37.1 Å². The minimum Gasteiger partial charge on any atom is -0.484 e. The van der Waals surface area contributed by atoms with Gasteiger partial charge in [-0.2, -0.15) is 0 Å². The Morgan fingerprint density at radius 1 is 1.03 bits per heavy atom. The molecule has 1 N–H and O–H groups in total. The van der Waals surface area contributed by atoms with Gasteiger partial charge in [-0.25, -0.2) is 4.98 Å². The van der Waals surface area contributed by atoms with Gasteiger partial charge in [0.1, 0.15) is 5.75 Å². The zero-order valence-corrected chi connectivity index (χ0v) is 18.1. The highest BCUT2D eigenvalue weighted by atomic mass is 32.1. The fourth-order valence-electron chi connectivity index (χ4n) is 4.04. The Hall–Kier alpha value is -3.12. The molecule has 6 heteroatoms. The maximum absolute atomic E-state index is 12.3. The molecule has 1 saturated heterocycles. The van der Waals surface area contributed by atoms with Crippen molar-refractivity contribution in [2.45, 2.75) is 12.8 Å². The molecule has 0 unspecified atom stereocenters. The lowest BCUT2D eigenvalue weighted by molar-refractivity contribution is -0.123. The minimum atomic E-state index is -0.0678. The van der Waals surface area contributed by atoms with Crippen molar-refractivity contribution in [3.63, 3.8) is 0 Å². The summed E-state index contributed by atoms with van der Waals surface area (Å²) in [6.45, 7) is 2.71. The van der Waals surface area contributed by atoms with Gasteiger partial charge in [0.2, 0.25) is 0 Å². The van der Waals surface area contributed by atoms with Gasteiger partial charge >= 0.3 is 0 Å². The van der Waals surface area contributed by atoms with Crippen LogP contribution in [0.1, 0.15) is 12.8 Å². The van der Waals surface area contributed by atoms with Crippen LogP contribution in [0.2, 0.25) is 0 Å². The van der Waals surface area contributed by atoms with Crippen LogP contribution >= 0.6 is 11.3 Å². The number of nitrogens with zero attached hydrogens (tertiary/aromatic N) is 2. The third-order valence-corrected chi connectivity index (χ3v) is 6.94. The van der Waals surface area contributed by atoms with Crippen molar-refractivity contribution in [1.29, 1.82) is 0 Å². The summed E-state index contributed by atoms with van der Waals surface area (Å²) in [5.41, 5.74) is 1.07. The van der Waals surface area contributed by atoms with Crippen molar-refractivity contribution in [2.75, 3.05) is 31.1 Å². The normalized spacial score (nSPS) is 14.8. The highest BCUT2D eigenvalue weighted by molar-refractivity contribution is 7.22. The van der Waals surface area contributed by atoms with Crippen LogP contribution in [0.5, 0.6) is 5.75 Å². The summed E-state index contributed by atoms with van der Waals surface area (Å²) < 4.78 is 6.93. The van der Waals surface area contributed by atoms with E-state index in [2.05, 4.69) is 34.5 Å². The van der Waals surface area contributed by atoms with E-state index < -0.39 is 0 Å². The van der Waals surface area contributed by atoms with Crippen molar-refractivity contribution in [1.82, 2.24) is 10.3 Å². The first-order valence-corrected chi connectivity index (χ1v) is 11.5. The smallest absolute Gasteiger partial charge is 0.257 e. The number of para-hydroxylation sites is 1. The molecule has 5 rings (SSSR count). The summed E-state index contributed by atoms with van der Waals surface area (Å²) >= 11 is 1.76. The summed E-state index contributed by atoms with van der Waals surface area (Å²) in [4.78, 5) is 19.4. The number of amides is 1. The SMILES string of the molecule is O=C(COc1ccc2ccccc2c1)NCC1CCN(c2nc3ccccc3s2)CC1. The minimum absolute atomic E-state index is 0.0445. The van der Waals surface area contributed by atoms with Gasteiger partial charge in [-0.1, -0.05) is 53.8 Å². The van der Waals surface area contributed by atoms with Gasteiger partial charge in [-0.3, -0.25) is 4.79 Å². The van der Waals surface area contributed by atoms with Crippen LogP contribution in [0.15, 0.2) is 66.7 Å². The Bertz CT molecular complexity index is 1160. The maximum Gasteiger partial charge on any atom is 0.257 e. The van der Waals surface area contributed by atoms with Crippen LogP contribution in [0.3, 0.4) is 0 Å². The summed E-state index contributed by atoms with van der Waals surface area (Å²) in [6.07, 6.45) is 2.11. The Morgan fingerprint density at radius 3 is 2.65 bits per heavy atom. The maximum atomic E-state index is 12.3. The van der Waals surface area contributed by atoms with Gasteiger partial charge < -0.3 is 15.0 Å². The predicted octanol–water partition coefficient (Wildman–Crippen LogP) is 4.86. The zero-order valence-electron chi connectivity index (χ0n) is 17.3. The van der Waals surface area contributed by atoms with Gasteiger partial charge in [-0.15, -0.1) is 0 Å². The number of hydrogen-bond acceptors (Lipinski definition) is 5. The number of ether oxygens (including phenoxy) is 1. The van der Waals surface area contributed by atoms with Gasteiger partial charge in [0, 0.05) is 19.6 Å². The second-order valence-corrected chi connectivity index (χ2v) is 9.01. The molecular weight excluding hydrogens is 406 g/mol. The molecule has 1 aromatic heterocycles. The predicted molar refractivity (Wildman–Crippen MR) is 127 cm³/mol. The Balaban J connectivity index is 1.07. The highest BCUT2D eigenvalue weighted by Crippen LogP contribution is 2.31. The lowest BCUT2D eigenvalue weighted by Gasteiger charge is -2.31. The number of hydrogen-bond donors (Lipinski definition) is 1. The second-order valence-electron chi connectivity index (χ2n) is 8.00. The van der Waals surface area contributed by atoms with E-state index in [0.29, 0.717) is 12.5 Å². The van der Waals surface area contributed by atoms with E-state index in [1.807, 2.05) is 42.5 Å². The van der Waals surface area contributed by atoms with Gasteiger partial charge in [0.05, 0.1) is 10.2 Å². The average molecular weight is 432 g/mol. The monoisotopic (exact) mass is 431 g/mol. The molecule has 4 aromatic rings. The number of rotatable bonds is 6. The molecule has 1 aliphatic rings. The standard InChI is InChI=1S/C25H25N3O2S/c29-24(17-30-21-10-9-19-5-1-2-6-20(19)15-21)26-16-18-11-13-28(14-12-18)25-27-22-7-3-4-8-23(22)31-25/h1-10,15,18H,11-14,16-17H2,(H,26,29). The van der Waals surface area contributed by atoms with Gasteiger partial charge in [-0.05, 0) is 53.8 Å². The zero-order chi connectivity index (χ0) is 21.0. The highest BCUT2D eigenvalue weighted by Gasteiger charge is 2.22. The summed E-state index contributed by atoms with van der Waals surface area (Å²) in [5, 5.41) is 6.42. The number of fused-ring (bicyclic) bond motifs is 2. The lowest BCUT2D eigenvalue weighted by Crippen LogP contribution is -2.39. The Kier molecular flexibility index (Phi) is 5.71. The van der Waals surface area contributed by atoms with Crippen LogP contribution in [0.25, 0.3) is 21.0 Å². The van der Waals surface area contributed by atoms with Gasteiger partial charge in [0.15, 0.2) is 11.7 Å². The first-order valence-electron chi connectivity index (χ1n) is 10.7. The second kappa shape index (κ2) is 8.94. The van der Waals surface area contributed by atoms with Crippen molar-refractivity contribution >= 4 is 43.4 Å². The van der Waals surface area contributed by atoms with Crippen molar-refractivity contribution < 1.29 is 9.53 Å². The molecule has 0 bridgehead atoms. The molecule has 0 aliphatic carbocycles. The molecule has 0 saturated carbocycles. The molecule has 2 heterocycles. The first-order chi connectivity index (χ1) is 15.2. The number of nitrogens with one attached hydrogen (secondary N) is 1. The van der Waals surface area contributed by atoms with Crippen molar-refractivity contribution in [3.8, 4) is 5.75 Å². The molecule has 1 aliphatic heterocycles. The number of piperidine rings is 1. The number of aromatic nitrogens is 1. The quantitative estimate of drug-likeness (QED) is 0.474. The number of anilines is 1. The lowest BCUT2D eigenvalue weighted by atomic mass is 9.97. The molecule has 5 nitrogen and oxygen atoms in total. The number of carbonyl (C=O) groups is 1. The molecule has 0 spiro atoms. The van der Waals surface area contributed by atoms with Crippen molar-refractivity contribution in [2.24, 2.45) is 5.92 Å². The summed E-state index contributed by atoms with van der Waals surface area (Å²) in [7, 11) is 0. The van der Waals surface area contributed by atoms with Crippen LogP contribution in [0.4, 0.5) is 5.13 Å². The van der Waals surface area contributed by atoms with E-state index in [9.17, 15) is 4.79 Å². The topological polar surface area (TPSA) is 54.5 Å².